The van der Waals surface area contributed by atoms with Gasteiger partial charge in [-0.05, 0) is 31.3 Å². The SMILES string of the molecule is CN1CCN(c2nc(-c3ccc(F)cc3)cc(=O)[nH]2)CC1. The number of aromatic nitrogens is 2. The molecule has 2 heterocycles. The molecule has 1 fully saturated rings. The number of hydrogen-bond donors (Lipinski definition) is 1. The molecule has 1 aromatic heterocycles. The third kappa shape index (κ3) is 3.11. The van der Waals surface area contributed by atoms with Gasteiger partial charge in [0.1, 0.15) is 5.82 Å². The fourth-order valence-electron chi connectivity index (χ4n) is 2.38. The van der Waals surface area contributed by atoms with Gasteiger partial charge in [0, 0.05) is 37.8 Å². The summed E-state index contributed by atoms with van der Waals surface area (Å²) in [6.45, 7) is 3.52. The molecular weight excluding hydrogens is 271 g/mol. The van der Waals surface area contributed by atoms with Crippen LogP contribution in [0.4, 0.5) is 10.3 Å². The maximum Gasteiger partial charge on any atom is 0.252 e. The number of nitrogens with one attached hydrogen (secondary N) is 1. The van der Waals surface area contributed by atoms with E-state index >= 15 is 0 Å². The minimum absolute atomic E-state index is 0.196. The highest BCUT2D eigenvalue weighted by Crippen LogP contribution is 2.18. The van der Waals surface area contributed by atoms with Crippen LogP contribution in [0.1, 0.15) is 0 Å². The number of hydrogen-bond acceptors (Lipinski definition) is 4. The maximum atomic E-state index is 13.0. The predicted octanol–water partition coefficient (Wildman–Crippen LogP) is 1.33. The van der Waals surface area contributed by atoms with E-state index in [1.54, 1.807) is 12.1 Å². The average Bonchev–Trinajstić information content (AvgIpc) is 2.48. The summed E-state index contributed by atoms with van der Waals surface area (Å²) in [4.78, 5) is 23.4. The first-order chi connectivity index (χ1) is 10.1. The molecule has 0 amide bonds. The lowest BCUT2D eigenvalue weighted by atomic mass is 10.1. The molecule has 2 aromatic rings. The largest absolute Gasteiger partial charge is 0.340 e. The molecule has 0 radical (unpaired) electrons. The van der Waals surface area contributed by atoms with Crippen molar-refractivity contribution >= 4 is 5.95 Å². The Kier molecular flexibility index (Phi) is 3.70. The van der Waals surface area contributed by atoms with E-state index in [4.69, 9.17) is 0 Å². The standard InChI is InChI=1S/C15H17FN4O/c1-19-6-8-20(9-7-19)15-17-13(10-14(21)18-15)11-2-4-12(16)5-3-11/h2-5,10H,6-9H2,1H3,(H,17,18,21). The van der Waals surface area contributed by atoms with Crippen LogP contribution in [-0.4, -0.2) is 48.1 Å². The van der Waals surface area contributed by atoms with Crippen molar-refractivity contribution < 1.29 is 4.39 Å². The topological polar surface area (TPSA) is 52.2 Å². The van der Waals surface area contributed by atoms with Crippen molar-refractivity contribution in [3.63, 3.8) is 0 Å². The van der Waals surface area contributed by atoms with Crippen molar-refractivity contribution in [3.05, 3.63) is 46.5 Å². The lowest BCUT2D eigenvalue weighted by Crippen LogP contribution is -2.45. The van der Waals surface area contributed by atoms with Crippen LogP contribution in [0, 0.1) is 5.82 Å². The summed E-state index contributed by atoms with van der Waals surface area (Å²) in [7, 11) is 2.07. The van der Waals surface area contributed by atoms with Crippen LogP contribution >= 0.6 is 0 Å². The van der Waals surface area contributed by atoms with E-state index in [1.807, 2.05) is 0 Å². The fraction of sp³-hybridized carbons (Fsp3) is 0.333. The van der Waals surface area contributed by atoms with Gasteiger partial charge < -0.3 is 9.80 Å². The van der Waals surface area contributed by atoms with Gasteiger partial charge in [-0.15, -0.1) is 0 Å². The zero-order valence-corrected chi connectivity index (χ0v) is 11.8. The molecule has 0 bridgehead atoms. The number of halogens is 1. The average molecular weight is 288 g/mol. The molecule has 1 saturated heterocycles. The quantitative estimate of drug-likeness (QED) is 0.906. The molecule has 1 N–H and O–H groups in total. The minimum atomic E-state index is -0.303. The van der Waals surface area contributed by atoms with E-state index in [0.717, 1.165) is 31.7 Å². The Morgan fingerprint density at radius 2 is 1.81 bits per heavy atom. The summed E-state index contributed by atoms with van der Waals surface area (Å²) >= 11 is 0. The summed E-state index contributed by atoms with van der Waals surface area (Å²) in [5.74, 6) is 0.276. The molecule has 0 spiro atoms. The first-order valence-electron chi connectivity index (χ1n) is 6.92. The normalized spacial score (nSPS) is 16.2. The number of benzene rings is 1. The van der Waals surface area contributed by atoms with E-state index in [1.165, 1.54) is 18.2 Å². The summed E-state index contributed by atoms with van der Waals surface area (Å²) in [6.07, 6.45) is 0. The van der Waals surface area contributed by atoms with Crippen molar-refractivity contribution in [2.75, 3.05) is 38.1 Å². The van der Waals surface area contributed by atoms with Crippen LogP contribution in [-0.2, 0) is 0 Å². The number of nitrogens with zero attached hydrogens (tertiary/aromatic N) is 3. The number of anilines is 1. The first-order valence-corrected chi connectivity index (χ1v) is 6.92. The van der Waals surface area contributed by atoms with Crippen LogP contribution in [0.15, 0.2) is 35.1 Å². The Labute approximate surface area is 122 Å². The van der Waals surface area contributed by atoms with Gasteiger partial charge >= 0.3 is 0 Å². The summed E-state index contributed by atoms with van der Waals surface area (Å²) < 4.78 is 13.0. The molecule has 5 nitrogen and oxygen atoms in total. The van der Waals surface area contributed by atoms with Crippen molar-refractivity contribution in [1.82, 2.24) is 14.9 Å². The third-order valence-corrected chi connectivity index (χ3v) is 3.67. The smallest absolute Gasteiger partial charge is 0.252 e. The van der Waals surface area contributed by atoms with E-state index in [2.05, 4.69) is 26.8 Å². The first kappa shape index (κ1) is 13.8. The van der Waals surface area contributed by atoms with Crippen molar-refractivity contribution in [1.29, 1.82) is 0 Å². The Hall–Kier alpha value is -2.21. The number of rotatable bonds is 2. The number of likely N-dealkylation sites (N-methyl/N-ethyl adjacent to an activating group) is 1. The number of piperazine rings is 1. The lowest BCUT2D eigenvalue weighted by Gasteiger charge is -2.32. The Morgan fingerprint density at radius 3 is 2.48 bits per heavy atom. The zero-order chi connectivity index (χ0) is 14.8. The second-order valence-corrected chi connectivity index (χ2v) is 5.25. The van der Waals surface area contributed by atoms with Gasteiger partial charge in [0.2, 0.25) is 5.95 Å². The van der Waals surface area contributed by atoms with Gasteiger partial charge in [-0.3, -0.25) is 9.78 Å². The molecule has 0 atom stereocenters. The molecule has 0 unspecified atom stereocenters. The minimum Gasteiger partial charge on any atom is -0.340 e. The van der Waals surface area contributed by atoms with Crippen LogP contribution in [0.3, 0.4) is 0 Å². The van der Waals surface area contributed by atoms with E-state index in [9.17, 15) is 9.18 Å². The van der Waals surface area contributed by atoms with Gasteiger partial charge in [0.25, 0.3) is 5.56 Å². The Bertz CT molecular complexity index is 675. The fourth-order valence-corrected chi connectivity index (χ4v) is 2.38. The molecule has 1 aromatic carbocycles. The molecule has 0 saturated carbocycles. The van der Waals surface area contributed by atoms with Gasteiger partial charge in [-0.1, -0.05) is 0 Å². The van der Waals surface area contributed by atoms with E-state index in [0.29, 0.717) is 11.6 Å². The molecule has 1 aliphatic rings. The molecule has 3 rings (SSSR count). The molecule has 6 heteroatoms. The van der Waals surface area contributed by atoms with Gasteiger partial charge in [-0.25, -0.2) is 9.37 Å². The molecular formula is C15H17FN4O. The van der Waals surface area contributed by atoms with Gasteiger partial charge in [0.15, 0.2) is 0 Å². The van der Waals surface area contributed by atoms with Crippen molar-refractivity contribution in [3.8, 4) is 11.3 Å². The highest BCUT2D eigenvalue weighted by Gasteiger charge is 2.17. The number of H-pyrrole nitrogens is 1. The summed E-state index contributed by atoms with van der Waals surface area (Å²) in [6, 6.07) is 7.43. The van der Waals surface area contributed by atoms with Crippen LogP contribution in [0.2, 0.25) is 0 Å². The van der Waals surface area contributed by atoms with E-state index in [-0.39, 0.29) is 11.4 Å². The Morgan fingerprint density at radius 1 is 1.14 bits per heavy atom. The van der Waals surface area contributed by atoms with E-state index < -0.39 is 0 Å². The lowest BCUT2D eigenvalue weighted by molar-refractivity contribution is 0.311. The van der Waals surface area contributed by atoms with Crippen LogP contribution in [0.25, 0.3) is 11.3 Å². The van der Waals surface area contributed by atoms with Gasteiger partial charge in [-0.2, -0.15) is 0 Å². The Balaban J connectivity index is 1.93. The summed E-state index contributed by atoms with van der Waals surface area (Å²) in [5.41, 5.74) is 1.10. The van der Waals surface area contributed by atoms with Crippen molar-refractivity contribution in [2.24, 2.45) is 0 Å². The van der Waals surface area contributed by atoms with Crippen molar-refractivity contribution in [2.45, 2.75) is 0 Å². The monoisotopic (exact) mass is 288 g/mol. The second-order valence-electron chi connectivity index (χ2n) is 5.25. The second kappa shape index (κ2) is 5.65. The van der Waals surface area contributed by atoms with Crippen LogP contribution in [0.5, 0.6) is 0 Å². The maximum absolute atomic E-state index is 13.0. The molecule has 110 valence electrons. The van der Waals surface area contributed by atoms with Gasteiger partial charge in [0.05, 0.1) is 5.69 Å². The summed E-state index contributed by atoms with van der Waals surface area (Å²) in [5, 5.41) is 0. The predicted molar refractivity (Wildman–Crippen MR) is 80.0 cm³/mol. The highest BCUT2D eigenvalue weighted by molar-refractivity contribution is 5.60. The molecule has 1 aliphatic heterocycles. The van der Waals surface area contributed by atoms with Crippen LogP contribution < -0.4 is 10.5 Å². The zero-order valence-electron chi connectivity index (χ0n) is 11.8. The molecule has 0 aliphatic carbocycles. The third-order valence-electron chi connectivity index (χ3n) is 3.67. The number of aromatic amines is 1. The molecule has 21 heavy (non-hydrogen) atoms. The highest BCUT2D eigenvalue weighted by atomic mass is 19.1.